The van der Waals surface area contributed by atoms with Gasteiger partial charge in [-0.25, -0.2) is 13.2 Å². The van der Waals surface area contributed by atoms with E-state index < -0.39 is 23.8 Å². The Labute approximate surface area is 183 Å². The van der Waals surface area contributed by atoms with E-state index >= 15 is 0 Å². The Morgan fingerprint density at radius 3 is 2.56 bits per heavy atom. The van der Waals surface area contributed by atoms with E-state index in [1.54, 1.807) is 6.92 Å². The summed E-state index contributed by atoms with van der Waals surface area (Å²) >= 11 is 0. The number of alkyl halides is 2. The first-order valence-electron chi connectivity index (χ1n) is 10.8. The molecule has 168 valence electrons. The van der Waals surface area contributed by atoms with Crippen LogP contribution >= 0.6 is 0 Å². The number of fused-ring (bicyclic) bond motifs is 3. The maximum atomic E-state index is 14.7. The van der Waals surface area contributed by atoms with Crippen molar-refractivity contribution < 1.29 is 17.9 Å². The van der Waals surface area contributed by atoms with E-state index in [9.17, 15) is 13.2 Å². The van der Waals surface area contributed by atoms with Gasteiger partial charge in [0.2, 0.25) is 0 Å². The average Bonchev–Trinajstić information content (AvgIpc) is 3.03. The number of nitrogens with one attached hydrogen (secondary N) is 1. The van der Waals surface area contributed by atoms with Gasteiger partial charge in [0.25, 0.3) is 6.43 Å². The lowest BCUT2D eigenvalue weighted by Gasteiger charge is -2.36. The van der Waals surface area contributed by atoms with Crippen molar-refractivity contribution in [3.8, 4) is 0 Å². The zero-order chi connectivity index (χ0) is 22.4. The fourth-order valence-electron chi connectivity index (χ4n) is 4.80. The number of aromatic nitrogens is 3. The molecule has 9 heteroatoms. The summed E-state index contributed by atoms with van der Waals surface area (Å²) in [7, 11) is 0. The Kier molecular flexibility index (Phi) is 5.36. The third-order valence-electron chi connectivity index (χ3n) is 6.42. The molecular formula is C23H24F3N5O. The zero-order valence-electron chi connectivity index (χ0n) is 17.9. The largest absolute Gasteiger partial charge is 0.377 e. The molecule has 2 bridgehead atoms. The second-order valence-electron chi connectivity index (χ2n) is 8.47. The molecule has 4 heterocycles. The predicted molar refractivity (Wildman–Crippen MR) is 116 cm³/mol. The molecule has 2 aliphatic rings. The van der Waals surface area contributed by atoms with E-state index in [2.05, 4.69) is 25.4 Å². The van der Waals surface area contributed by atoms with Crippen LogP contribution in [-0.4, -0.2) is 40.5 Å². The maximum Gasteiger partial charge on any atom is 0.266 e. The van der Waals surface area contributed by atoms with Crippen LogP contribution in [0.5, 0.6) is 0 Å². The number of anilines is 2. The average molecular weight is 443 g/mol. The molecule has 0 aliphatic carbocycles. The highest BCUT2D eigenvalue weighted by molar-refractivity contribution is 5.92. The Balaban J connectivity index is 1.52. The smallest absolute Gasteiger partial charge is 0.266 e. The van der Waals surface area contributed by atoms with Gasteiger partial charge in [-0.2, -0.15) is 5.10 Å². The SMILES string of the molecule is Cc1nnc(N[C@H](C)c2cccc(C(F)F)c2F)c2cc(N3C4CCC3COC4)cnc12. The molecule has 3 aromatic rings. The fourth-order valence-corrected chi connectivity index (χ4v) is 4.80. The minimum absolute atomic E-state index is 0.147. The minimum Gasteiger partial charge on any atom is -0.377 e. The molecule has 3 atom stereocenters. The molecule has 0 spiro atoms. The topological polar surface area (TPSA) is 63.2 Å². The molecule has 5 rings (SSSR count). The monoisotopic (exact) mass is 443 g/mol. The van der Waals surface area contributed by atoms with Crippen molar-refractivity contribution in [2.45, 2.75) is 51.2 Å². The Morgan fingerprint density at radius 1 is 1.12 bits per heavy atom. The van der Waals surface area contributed by atoms with Gasteiger partial charge < -0.3 is 15.0 Å². The highest BCUT2D eigenvalue weighted by Gasteiger charge is 2.37. The predicted octanol–water partition coefficient (Wildman–Crippen LogP) is 4.95. The molecule has 0 saturated carbocycles. The van der Waals surface area contributed by atoms with Crippen molar-refractivity contribution >= 4 is 22.4 Å². The number of aryl methyl sites for hydroxylation is 1. The summed E-state index contributed by atoms with van der Waals surface area (Å²) < 4.78 is 46.6. The minimum atomic E-state index is -2.88. The van der Waals surface area contributed by atoms with Gasteiger partial charge in [0.1, 0.15) is 5.82 Å². The second kappa shape index (κ2) is 8.20. The molecule has 1 N–H and O–H groups in total. The molecular weight excluding hydrogens is 419 g/mol. The number of hydrogen-bond donors (Lipinski definition) is 1. The molecule has 2 fully saturated rings. The van der Waals surface area contributed by atoms with Crippen LogP contribution in [0.15, 0.2) is 30.5 Å². The van der Waals surface area contributed by atoms with E-state index in [1.165, 1.54) is 12.1 Å². The number of morpholine rings is 1. The van der Waals surface area contributed by atoms with E-state index in [1.807, 2.05) is 19.2 Å². The van der Waals surface area contributed by atoms with Crippen molar-refractivity contribution in [2.24, 2.45) is 0 Å². The fraction of sp³-hybridized carbons (Fsp3) is 0.435. The van der Waals surface area contributed by atoms with Gasteiger partial charge in [0.15, 0.2) is 5.82 Å². The van der Waals surface area contributed by atoms with Crippen LogP contribution in [0.3, 0.4) is 0 Å². The first kappa shape index (κ1) is 20.9. The number of hydrogen-bond acceptors (Lipinski definition) is 6. The third-order valence-corrected chi connectivity index (χ3v) is 6.42. The van der Waals surface area contributed by atoms with Crippen LogP contribution in [0.4, 0.5) is 24.7 Å². The van der Waals surface area contributed by atoms with Crippen LogP contribution in [0.2, 0.25) is 0 Å². The summed E-state index contributed by atoms with van der Waals surface area (Å²) in [5.74, 6) is -0.467. The highest BCUT2D eigenvalue weighted by Crippen LogP contribution is 2.36. The Morgan fingerprint density at radius 2 is 1.84 bits per heavy atom. The first-order valence-corrected chi connectivity index (χ1v) is 10.8. The molecule has 2 saturated heterocycles. The molecule has 6 nitrogen and oxygen atoms in total. The number of nitrogens with zero attached hydrogens (tertiary/aromatic N) is 4. The number of rotatable bonds is 5. The van der Waals surface area contributed by atoms with Crippen molar-refractivity contribution in [1.29, 1.82) is 0 Å². The second-order valence-corrected chi connectivity index (χ2v) is 8.47. The first-order chi connectivity index (χ1) is 15.4. The summed E-state index contributed by atoms with van der Waals surface area (Å²) in [6.07, 6.45) is 1.14. The molecule has 2 aliphatic heterocycles. The standard InChI is InChI=1S/C23H24F3N5O/c1-12(17-4-3-5-18(20(17)24)22(25)26)28-23-19-8-16(9-27-21(19)13(2)29-30-23)31-14-6-7-15(31)11-32-10-14/h3-5,8-9,12,14-15,22H,6-7,10-11H2,1-2H3,(H,28,30)/t12-,14?,15?/m1/s1. The number of ether oxygens (including phenoxy) is 1. The van der Waals surface area contributed by atoms with Gasteiger partial charge in [-0.1, -0.05) is 18.2 Å². The lowest BCUT2D eigenvalue weighted by atomic mass is 10.0. The lowest BCUT2D eigenvalue weighted by Crippen LogP contribution is -2.45. The molecule has 0 radical (unpaired) electrons. The van der Waals surface area contributed by atoms with Gasteiger partial charge in [-0.05, 0) is 32.8 Å². The summed E-state index contributed by atoms with van der Waals surface area (Å²) in [4.78, 5) is 7.02. The quantitative estimate of drug-likeness (QED) is 0.602. The van der Waals surface area contributed by atoms with Gasteiger partial charge >= 0.3 is 0 Å². The van der Waals surface area contributed by atoms with Crippen molar-refractivity contribution in [2.75, 3.05) is 23.4 Å². The van der Waals surface area contributed by atoms with E-state index in [0.29, 0.717) is 42.3 Å². The van der Waals surface area contributed by atoms with Crippen LogP contribution in [-0.2, 0) is 4.74 Å². The molecule has 2 aromatic heterocycles. The summed E-state index contributed by atoms with van der Waals surface area (Å²) in [6, 6.07) is 6.11. The summed E-state index contributed by atoms with van der Waals surface area (Å²) in [6.45, 7) is 4.94. The Bertz CT molecular complexity index is 1140. The van der Waals surface area contributed by atoms with Gasteiger partial charge in [-0.3, -0.25) is 4.98 Å². The number of halogens is 3. The molecule has 32 heavy (non-hydrogen) atoms. The van der Waals surface area contributed by atoms with Crippen molar-refractivity contribution in [3.05, 3.63) is 53.1 Å². The Hall–Kier alpha value is -2.94. The highest BCUT2D eigenvalue weighted by atomic mass is 19.3. The number of benzene rings is 1. The zero-order valence-corrected chi connectivity index (χ0v) is 17.9. The molecule has 1 aromatic carbocycles. The van der Waals surface area contributed by atoms with Crippen LogP contribution in [0.1, 0.15) is 49.1 Å². The maximum absolute atomic E-state index is 14.7. The van der Waals surface area contributed by atoms with Crippen LogP contribution in [0, 0.1) is 12.7 Å². The van der Waals surface area contributed by atoms with Gasteiger partial charge in [0.05, 0.1) is 60.0 Å². The van der Waals surface area contributed by atoms with Crippen LogP contribution < -0.4 is 10.2 Å². The normalized spacial score (nSPS) is 21.4. The van der Waals surface area contributed by atoms with Gasteiger partial charge in [-0.15, -0.1) is 5.10 Å². The molecule has 0 amide bonds. The molecule has 2 unspecified atom stereocenters. The van der Waals surface area contributed by atoms with E-state index in [-0.39, 0.29) is 5.56 Å². The van der Waals surface area contributed by atoms with Crippen molar-refractivity contribution in [1.82, 2.24) is 15.2 Å². The number of pyridine rings is 1. The van der Waals surface area contributed by atoms with E-state index in [0.717, 1.165) is 30.0 Å². The van der Waals surface area contributed by atoms with Crippen molar-refractivity contribution in [3.63, 3.8) is 0 Å². The van der Waals surface area contributed by atoms with Crippen LogP contribution in [0.25, 0.3) is 10.9 Å². The third kappa shape index (κ3) is 3.54. The summed E-state index contributed by atoms with van der Waals surface area (Å²) in [5, 5.41) is 12.4. The summed E-state index contributed by atoms with van der Waals surface area (Å²) in [5.41, 5.74) is 1.90. The van der Waals surface area contributed by atoms with Gasteiger partial charge in [0, 0.05) is 10.9 Å². The van der Waals surface area contributed by atoms with E-state index in [4.69, 9.17) is 4.74 Å². The lowest BCUT2D eigenvalue weighted by molar-refractivity contribution is 0.0906.